The SMILES string of the molecule is O=c1[nH]c2c(Br)cccc2c(O)c1-c1ccccc1. The van der Waals surface area contributed by atoms with Crippen LogP contribution in [-0.4, -0.2) is 10.1 Å². The van der Waals surface area contributed by atoms with E-state index < -0.39 is 0 Å². The number of fused-ring (bicyclic) bond motifs is 1. The van der Waals surface area contributed by atoms with Gasteiger partial charge in [0.25, 0.3) is 5.56 Å². The van der Waals surface area contributed by atoms with Crippen molar-refractivity contribution in [2.45, 2.75) is 0 Å². The summed E-state index contributed by atoms with van der Waals surface area (Å²) in [5.74, 6) is 0.00579. The molecular weight excluding hydrogens is 306 g/mol. The molecule has 94 valence electrons. The van der Waals surface area contributed by atoms with Crippen LogP contribution in [0.25, 0.3) is 22.0 Å². The number of hydrogen-bond donors (Lipinski definition) is 2. The third kappa shape index (κ3) is 1.94. The van der Waals surface area contributed by atoms with Crippen molar-refractivity contribution in [3.05, 3.63) is 63.4 Å². The number of nitrogens with one attached hydrogen (secondary N) is 1. The van der Waals surface area contributed by atoms with Crippen LogP contribution in [0.4, 0.5) is 0 Å². The molecule has 0 saturated heterocycles. The molecule has 0 radical (unpaired) electrons. The molecule has 0 atom stereocenters. The van der Waals surface area contributed by atoms with Crippen LogP contribution in [0.5, 0.6) is 5.75 Å². The van der Waals surface area contributed by atoms with Gasteiger partial charge in [-0.3, -0.25) is 4.79 Å². The van der Waals surface area contributed by atoms with Crippen molar-refractivity contribution in [3.63, 3.8) is 0 Å². The Balaban J connectivity index is 2.43. The largest absolute Gasteiger partial charge is 0.506 e. The summed E-state index contributed by atoms with van der Waals surface area (Å²) < 4.78 is 0.747. The lowest BCUT2D eigenvalue weighted by atomic mass is 10.0. The summed E-state index contributed by atoms with van der Waals surface area (Å²) in [6.45, 7) is 0. The molecule has 0 amide bonds. The van der Waals surface area contributed by atoms with Crippen molar-refractivity contribution < 1.29 is 5.11 Å². The van der Waals surface area contributed by atoms with Gasteiger partial charge in [-0.05, 0) is 33.6 Å². The van der Waals surface area contributed by atoms with Crippen molar-refractivity contribution in [2.24, 2.45) is 0 Å². The summed E-state index contributed by atoms with van der Waals surface area (Å²) >= 11 is 3.36. The average Bonchev–Trinajstić information content (AvgIpc) is 2.41. The number of pyridine rings is 1. The third-order valence-corrected chi connectivity index (χ3v) is 3.69. The maximum Gasteiger partial charge on any atom is 0.260 e. The predicted molar refractivity (Wildman–Crippen MR) is 79.4 cm³/mol. The molecule has 0 bridgehead atoms. The van der Waals surface area contributed by atoms with E-state index in [0.29, 0.717) is 22.0 Å². The second-order valence-electron chi connectivity index (χ2n) is 4.21. The first-order chi connectivity index (χ1) is 9.18. The second-order valence-corrected chi connectivity index (χ2v) is 5.06. The minimum atomic E-state index is -0.303. The maximum absolute atomic E-state index is 12.2. The summed E-state index contributed by atoms with van der Waals surface area (Å²) in [5.41, 5.74) is 1.29. The molecule has 0 aliphatic rings. The van der Waals surface area contributed by atoms with Crippen LogP contribution in [-0.2, 0) is 0 Å². The minimum Gasteiger partial charge on any atom is -0.506 e. The Morgan fingerprint density at radius 2 is 1.74 bits per heavy atom. The van der Waals surface area contributed by atoms with Gasteiger partial charge in [-0.15, -0.1) is 0 Å². The molecule has 2 N–H and O–H groups in total. The molecule has 3 aromatic rings. The fraction of sp³-hybridized carbons (Fsp3) is 0. The topological polar surface area (TPSA) is 53.1 Å². The van der Waals surface area contributed by atoms with Crippen LogP contribution in [0.2, 0.25) is 0 Å². The zero-order valence-corrected chi connectivity index (χ0v) is 11.4. The fourth-order valence-corrected chi connectivity index (χ4v) is 2.60. The van der Waals surface area contributed by atoms with E-state index in [2.05, 4.69) is 20.9 Å². The number of aromatic nitrogens is 1. The van der Waals surface area contributed by atoms with Gasteiger partial charge in [0.05, 0.1) is 11.1 Å². The van der Waals surface area contributed by atoms with E-state index in [1.54, 1.807) is 18.2 Å². The molecule has 2 aromatic carbocycles. The number of aromatic amines is 1. The Bertz CT molecular complexity index is 809. The number of aromatic hydroxyl groups is 1. The molecule has 19 heavy (non-hydrogen) atoms. The first-order valence-corrected chi connectivity index (χ1v) is 6.56. The number of hydrogen-bond acceptors (Lipinski definition) is 2. The second kappa shape index (κ2) is 4.55. The summed E-state index contributed by atoms with van der Waals surface area (Å²) in [4.78, 5) is 15.0. The van der Waals surface area contributed by atoms with E-state index in [-0.39, 0.29) is 11.3 Å². The van der Waals surface area contributed by atoms with Gasteiger partial charge in [0.15, 0.2) is 0 Å². The van der Waals surface area contributed by atoms with E-state index in [1.165, 1.54) is 0 Å². The summed E-state index contributed by atoms with van der Waals surface area (Å²) in [7, 11) is 0. The van der Waals surface area contributed by atoms with Crippen molar-refractivity contribution in [1.29, 1.82) is 0 Å². The molecule has 0 saturated carbocycles. The molecule has 0 spiro atoms. The zero-order valence-electron chi connectivity index (χ0n) is 9.85. The normalized spacial score (nSPS) is 10.8. The van der Waals surface area contributed by atoms with Crippen LogP contribution >= 0.6 is 15.9 Å². The number of benzene rings is 2. The number of para-hydroxylation sites is 1. The molecule has 3 rings (SSSR count). The van der Waals surface area contributed by atoms with Crippen LogP contribution < -0.4 is 5.56 Å². The Morgan fingerprint density at radius 1 is 1.00 bits per heavy atom. The first-order valence-electron chi connectivity index (χ1n) is 5.77. The van der Waals surface area contributed by atoms with Gasteiger partial charge < -0.3 is 10.1 Å². The van der Waals surface area contributed by atoms with Crippen LogP contribution in [0.1, 0.15) is 0 Å². The van der Waals surface area contributed by atoms with Crippen molar-refractivity contribution in [3.8, 4) is 16.9 Å². The van der Waals surface area contributed by atoms with Crippen LogP contribution in [0.3, 0.4) is 0 Å². The Morgan fingerprint density at radius 3 is 2.47 bits per heavy atom. The van der Waals surface area contributed by atoms with Gasteiger partial charge in [0.2, 0.25) is 0 Å². The lowest BCUT2D eigenvalue weighted by Gasteiger charge is -2.08. The Hall–Kier alpha value is -2.07. The summed E-state index contributed by atoms with van der Waals surface area (Å²) in [5, 5.41) is 11.0. The molecule has 4 heteroatoms. The fourth-order valence-electron chi connectivity index (χ4n) is 2.14. The Labute approximate surface area is 117 Å². The smallest absolute Gasteiger partial charge is 0.260 e. The molecule has 0 aliphatic heterocycles. The molecular formula is C15H10BrNO2. The maximum atomic E-state index is 12.2. The quantitative estimate of drug-likeness (QED) is 0.720. The minimum absolute atomic E-state index is 0.00579. The summed E-state index contributed by atoms with van der Waals surface area (Å²) in [6.07, 6.45) is 0. The molecule has 0 aliphatic carbocycles. The highest BCUT2D eigenvalue weighted by atomic mass is 79.9. The molecule has 0 fully saturated rings. The van der Waals surface area contributed by atoms with Crippen LogP contribution in [0.15, 0.2) is 57.8 Å². The highest BCUT2D eigenvalue weighted by Crippen LogP contribution is 2.34. The van der Waals surface area contributed by atoms with Gasteiger partial charge in [-0.25, -0.2) is 0 Å². The van der Waals surface area contributed by atoms with Crippen molar-refractivity contribution >= 4 is 26.8 Å². The van der Waals surface area contributed by atoms with E-state index >= 15 is 0 Å². The predicted octanol–water partition coefficient (Wildman–Crippen LogP) is 3.66. The van der Waals surface area contributed by atoms with Crippen molar-refractivity contribution in [2.75, 3.05) is 0 Å². The number of H-pyrrole nitrogens is 1. The number of halogens is 1. The highest BCUT2D eigenvalue weighted by molar-refractivity contribution is 9.10. The monoisotopic (exact) mass is 315 g/mol. The van der Waals surface area contributed by atoms with Gasteiger partial charge >= 0.3 is 0 Å². The third-order valence-electron chi connectivity index (χ3n) is 3.03. The average molecular weight is 316 g/mol. The summed E-state index contributed by atoms with van der Waals surface area (Å²) in [6, 6.07) is 14.5. The van der Waals surface area contributed by atoms with E-state index in [0.717, 1.165) is 4.47 Å². The van der Waals surface area contributed by atoms with E-state index in [4.69, 9.17) is 0 Å². The number of rotatable bonds is 1. The first kappa shape index (κ1) is 12.0. The van der Waals surface area contributed by atoms with Gasteiger partial charge in [-0.2, -0.15) is 0 Å². The van der Waals surface area contributed by atoms with E-state index in [1.807, 2.05) is 30.3 Å². The van der Waals surface area contributed by atoms with Crippen molar-refractivity contribution in [1.82, 2.24) is 4.98 Å². The standard InChI is InChI=1S/C15H10BrNO2/c16-11-8-4-7-10-13(11)17-15(19)12(14(10)18)9-5-2-1-3-6-9/h1-8H,(H2,17,18,19). The zero-order chi connectivity index (χ0) is 13.4. The lowest BCUT2D eigenvalue weighted by Crippen LogP contribution is -2.09. The van der Waals surface area contributed by atoms with Gasteiger partial charge in [0.1, 0.15) is 5.75 Å². The Kier molecular flexibility index (Phi) is 2.87. The van der Waals surface area contributed by atoms with Gasteiger partial charge in [0, 0.05) is 9.86 Å². The molecule has 0 unspecified atom stereocenters. The molecule has 1 aromatic heterocycles. The molecule has 1 heterocycles. The molecule has 3 nitrogen and oxygen atoms in total. The van der Waals surface area contributed by atoms with Gasteiger partial charge in [-0.1, -0.05) is 36.4 Å². The highest BCUT2D eigenvalue weighted by Gasteiger charge is 2.14. The van der Waals surface area contributed by atoms with Crippen LogP contribution in [0, 0.1) is 0 Å². The van der Waals surface area contributed by atoms with E-state index in [9.17, 15) is 9.90 Å². The lowest BCUT2D eigenvalue weighted by molar-refractivity contribution is 0.482.